The number of rotatable bonds is 4. The van der Waals surface area contributed by atoms with Crippen LogP contribution >= 0.6 is 0 Å². The van der Waals surface area contributed by atoms with Crippen LogP contribution in [0.5, 0.6) is 5.88 Å². The van der Waals surface area contributed by atoms with E-state index in [2.05, 4.69) is 15.0 Å². The predicted molar refractivity (Wildman–Crippen MR) is 92.1 cm³/mol. The van der Waals surface area contributed by atoms with E-state index >= 15 is 0 Å². The minimum atomic E-state index is -0.0298. The van der Waals surface area contributed by atoms with E-state index in [1.807, 2.05) is 40.7 Å². The average molecular weight is 337 g/mol. The molecule has 1 aromatic carbocycles. The highest BCUT2D eigenvalue weighted by Gasteiger charge is 2.28. The van der Waals surface area contributed by atoms with Gasteiger partial charge in [0, 0.05) is 25.2 Å². The molecule has 3 aromatic rings. The molecule has 1 aliphatic heterocycles. The Morgan fingerprint density at radius 2 is 2.16 bits per heavy atom. The van der Waals surface area contributed by atoms with Gasteiger partial charge in [0.05, 0.1) is 23.9 Å². The summed E-state index contributed by atoms with van der Waals surface area (Å²) in [4.78, 5) is 27.1. The third-order valence-corrected chi connectivity index (χ3v) is 4.37. The maximum atomic E-state index is 12.6. The van der Waals surface area contributed by atoms with Gasteiger partial charge in [0.15, 0.2) is 0 Å². The summed E-state index contributed by atoms with van der Waals surface area (Å²) < 4.78 is 7.77. The minimum absolute atomic E-state index is 0.0298. The van der Waals surface area contributed by atoms with Gasteiger partial charge in [0.25, 0.3) is 0 Å². The highest BCUT2D eigenvalue weighted by Crippen LogP contribution is 2.18. The molecule has 1 saturated heterocycles. The van der Waals surface area contributed by atoms with Gasteiger partial charge in [-0.15, -0.1) is 0 Å². The van der Waals surface area contributed by atoms with E-state index in [0.717, 1.165) is 17.5 Å². The van der Waals surface area contributed by atoms with Crippen molar-refractivity contribution >= 4 is 16.9 Å². The van der Waals surface area contributed by atoms with Gasteiger partial charge in [-0.3, -0.25) is 4.79 Å². The first-order valence-electron chi connectivity index (χ1n) is 8.33. The number of aryl methyl sites for hydroxylation is 1. The first-order chi connectivity index (χ1) is 12.2. The molecule has 0 radical (unpaired) electrons. The highest BCUT2D eigenvalue weighted by molar-refractivity contribution is 5.80. The van der Waals surface area contributed by atoms with Gasteiger partial charge in [0.1, 0.15) is 18.5 Å². The molecule has 0 N–H and O–H groups in total. The van der Waals surface area contributed by atoms with E-state index in [4.69, 9.17) is 4.74 Å². The fourth-order valence-corrected chi connectivity index (χ4v) is 3.10. The quantitative estimate of drug-likeness (QED) is 0.726. The summed E-state index contributed by atoms with van der Waals surface area (Å²) in [6.07, 6.45) is 4.17. The fourth-order valence-electron chi connectivity index (χ4n) is 3.10. The second-order valence-electron chi connectivity index (χ2n) is 6.17. The number of aromatic nitrogens is 4. The number of imidazole rings is 1. The van der Waals surface area contributed by atoms with E-state index < -0.39 is 0 Å². The first kappa shape index (κ1) is 15.6. The van der Waals surface area contributed by atoms with Crippen LogP contribution in [0, 0.1) is 6.92 Å². The molecule has 1 fully saturated rings. The van der Waals surface area contributed by atoms with Crippen molar-refractivity contribution < 1.29 is 9.53 Å². The molecule has 4 rings (SSSR count). The van der Waals surface area contributed by atoms with Crippen LogP contribution in [0.1, 0.15) is 12.2 Å². The van der Waals surface area contributed by atoms with Gasteiger partial charge in [-0.1, -0.05) is 12.1 Å². The molecular formula is C18H19N5O2. The average Bonchev–Trinajstić information content (AvgIpc) is 3.23. The number of amides is 1. The predicted octanol–water partition coefficient (Wildman–Crippen LogP) is 1.81. The number of likely N-dealkylation sites (tertiary alicyclic amines) is 1. The SMILES string of the molecule is Cc1nccc(OC2CCN(C(=O)Cn3cnc4ccccc43)C2)n1. The molecule has 1 unspecified atom stereocenters. The number of carbonyl (C=O) groups is 1. The number of para-hydroxylation sites is 2. The van der Waals surface area contributed by atoms with Crippen molar-refractivity contribution in [3.8, 4) is 5.88 Å². The van der Waals surface area contributed by atoms with Crippen molar-refractivity contribution in [1.29, 1.82) is 0 Å². The summed E-state index contributed by atoms with van der Waals surface area (Å²) in [5.74, 6) is 1.32. The van der Waals surface area contributed by atoms with Gasteiger partial charge < -0.3 is 14.2 Å². The Balaban J connectivity index is 1.39. The van der Waals surface area contributed by atoms with Crippen LogP contribution < -0.4 is 4.74 Å². The lowest BCUT2D eigenvalue weighted by Crippen LogP contribution is -2.33. The molecule has 3 heterocycles. The molecule has 1 amide bonds. The van der Waals surface area contributed by atoms with Gasteiger partial charge in [-0.2, -0.15) is 4.98 Å². The van der Waals surface area contributed by atoms with E-state index in [-0.39, 0.29) is 12.0 Å². The molecule has 0 spiro atoms. The molecular weight excluding hydrogens is 318 g/mol. The second-order valence-corrected chi connectivity index (χ2v) is 6.17. The lowest BCUT2D eigenvalue weighted by molar-refractivity contribution is -0.131. The Morgan fingerprint density at radius 3 is 3.04 bits per heavy atom. The zero-order chi connectivity index (χ0) is 17.2. The maximum Gasteiger partial charge on any atom is 0.242 e. The largest absolute Gasteiger partial charge is 0.472 e. The van der Waals surface area contributed by atoms with Crippen molar-refractivity contribution in [1.82, 2.24) is 24.4 Å². The van der Waals surface area contributed by atoms with Crippen LogP contribution in [0.3, 0.4) is 0 Å². The van der Waals surface area contributed by atoms with Crippen molar-refractivity contribution in [2.24, 2.45) is 0 Å². The molecule has 1 atom stereocenters. The standard InChI is InChI=1S/C18H19N5O2/c1-13-19-8-6-17(21-13)25-14-7-9-22(10-14)18(24)11-23-12-20-15-4-2-3-5-16(15)23/h2-6,8,12,14H,7,9-11H2,1H3. The second kappa shape index (κ2) is 6.51. The number of hydrogen-bond donors (Lipinski definition) is 0. The summed E-state index contributed by atoms with van der Waals surface area (Å²) in [6, 6.07) is 9.56. The molecule has 1 aliphatic rings. The van der Waals surface area contributed by atoms with Crippen molar-refractivity contribution in [3.63, 3.8) is 0 Å². The smallest absolute Gasteiger partial charge is 0.242 e. The topological polar surface area (TPSA) is 73.1 Å². The Labute approximate surface area is 145 Å². The van der Waals surface area contributed by atoms with Crippen LogP contribution in [-0.4, -0.2) is 49.5 Å². The maximum absolute atomic E-state index is 12.6. The third-order valence-electron chi connectivity index (χ3n) is 4.37. The lowest BCUT2D eigenvalue weighted by atomic mass is 10.3. The Hall–Kier alpha value is -2.96. The summed E-state index contributed by atoms with van der Waals surface area (Å²) in [6.45, 7) is 3.39. The van der Waals surface area contributed by atoms with Gasteiger partial charge in [-0.25, -0.2) is 9.97 Å². The fraction of sp³-hybridized carbons (Fsp3) is 0.333. The minimum Gasteiger partial charge on any atom is -0.472 e. The molecule has 0 aliphatic carbocycles. The molecule has 2 aromatic heterocycles. The van der Waals surface area contributed by atoms with Crippen LogP contribution in [0.15, 0.2) is 42.9 Å². The molecule has 0 bridgehead atoms. The number of ether oxygens (including phenoxy) is 1. The zero-order valence-corrected chi connectivity index (χ0v) is 14.0. The highest BCUT2D eigenvalue weighted by atomic mass is 16.5. The normalized spacial score (nSPS) is 17.2. The van der Waals surface area contributed by atoms with Crippen LogP contribution in [0.25, 0.3) is 11.0 Å². The van der Waals surface area contributed by atoms with Crippen molar-refractivity contribution in [2.45, 2.75) is 26.0 Å². The third kappa shape index (κ3) is 3.31. The van der Waals surface area contributed by atoms with Gasteiger partial charge in [0.2, 0.25) is 11.8 Å². The first-order valence-corrected chi connectivity index (χ1v) is 8.33. The van der Waals surface area contributed by atoms with E-state index in [9.17, 15) is 4.79 Å². The zero-order valence-electron chi connectivity index (χ0n) is 14.0. The van der Waals surface area contributed by atoms with E-state index in [1.165, 1.54) is 0 Å². The number of hydrogen-bond acceptors (Lipinski definition) is 5. The summed E-state index contributed by atoms with van der Waals surface area (Å²) in [7, 11) is 0. The van der Waals surface area contributed by atoms with E-state index in [0.29, 0.717) is 31.3 Å². The number of benzene rings is 1. The molecule has 128 valence electrons. The van der Waals surface area contributed by atoms with Crippen molar-refractivity contribution in [3.05, 3.63) is 48.7 Å². The number of fused-ring (bicyclic) bond motifs is 1. The molecule has 0 saturated carbocycles. The van der Waals surface area contributed by atoms with Gasteiger partial charge in [-0.05, 0) is 19.1 Å². The molecule has 25 heavy (non-hydrogen) atoms. The molecule has 7 heteroatoms. The monoisotopic (exact) mass is 337 g/mol. The Bertz CT molecular complexity index is 907. The lowest BCUT2D eigenvalue weighted by Gasteiger charge is -2.17. The molecule has 7 nitrogen and oxygen atoms in total. The van der Waals surface area contributed by atoms with Crippen molar-refractivity contribution in [2.75, 3.05) is 13.1 Å². The van der Waals surface area contributed by atoms with Crippen LogP contribution in [-0.2, 0) is 11.3 Å². The summed E-state index contributed by atoms with van der Waals surface area (Å²) in [5.41, 5.74) is 1.87. The number of nitrogens with zero attached hydrogens (tertiary/aromatic N) is 5. The van der Waals surface area contributed by atoms with Crippen LogP contribution in [0.4, 0.5) is 0 Å². The Morgan fingerprint density at radius 1 is 1.28 bits per heavy atom. The summed E-state index contributed by atoms with van der Waals surface area (Å²) in [5, 5.41) is 0. The van der Waals surface area contributed by atoms with E-state index in [1.54, 1.807) is 18.6 Å². The van der Waals surface area contributed by atoms with Gasteiger partial charge >= 0.3 is 0 Å². The Kier molecular flexibility index (Phi) is 4.05. The summed E-state index contributed by atoms with van der Waals surface area (Å²) >= 11 is 0. The number of carbonyl (C=O) groups excluding carboxylic acids is 1. The van der Waals surface area contributed by atoms with Crippen LogP contribution in [0.2, 0.25) is 0 Å².